The van der Waals surface area contributed by atoms with Gasteiger partial charge in [-0.15, -0.1) is 0 Å². The smallest absolute Gasteiger partial charge is 0.239 e. The predicted octanol–water partition coefficient (Wildman–Crippen LogP) is 2.99. The zero-order chi connectivity index (χ0) is 26.5. The molecule has 34 heavy (non-hydrogen) atoms. The molecule has 0 saturated carbocycles. The van der Waals surface area contributed by atoms with Crippen LogP contribution in [0.4, 0.5) is 0 Å². The normalized spacial score (nSPS) is 8.82. The van der Waals surface area contributed by atoms with Crippen LogP contribution < -0.4 is 18.3 Å². The molecule has 4 aromatic heterocycles. The molecule has 4 rings (SSSR count). The number of aryl methyl sites for hydroxylation is 4. The van der Waals surface area contributed by atoms with E-state index in [0.29, 0.717) is 0 Å². The maximum atomic E-state index is 2.12. The number of hydrogen-bond donors (Lipinski definition) is 0. The number of imidazole rings is 4. The van der Waals surface area contributed by atoms with E-state index in [9.17, 15) is 0 Å². The summed E-state index contributed by atoms with van der Waals surface area (Å²) in [6.07, 6.45) is 24.6. The molecule has 192 valence electrons. The Morgan fingerprint density at radius 2 is 0.559 bits per heavy atom. The minimum absolute atomic E-state index is 0.863. The van der Waals surface area contributed by atoms with Crippen LogP contribution in [-0.2, 0) is 41.5 Å². The van der Waals surface area contributed by atoms with Crippen molar-refractivity contribution in [2.45, 2.75) is 68.7 Å². The van der Waals surface area contributed by atoms with Gasteiger partial charge in [0, 0.05) is 0 Å². The average molecular weight is 477 g/mol. The molecule has 0 bridgehead atoms. The quantitative estimate of drug-likeness (QED) is 0.406. The van der Waals surface area contributed by atoms with Gasteiger partial charge in [-0.05, 0) is 0 Å². The first-order valence-electron chi connectivity index (χ1n) is 12.5. The standard InChI is InChI=1S/2C9H14N4.4C2H6/c2*1-10-3-5-12(7-10)9-13-6-4-11(2)8-13;4*1-2/h2*3-8H,9H2,1-2H3;4*1-2H3/q2*+2;;;;. The van der Waals surface area contributed by atoms with Crippen molar-refractivity contribution in [3.05, 3.63) is 74.9 Å². The fraction of sp³-hybridized carbons (Fsp3) is 0.538. The third-order valence-electron chi connectivity index (χ3n) is 3.95. The Hall–Kier alpha value is -3.16. The first kappa shape index (κ1) is 33.0. The second-order valence-corrected chi connectivity index (χ2v) is 6.66. The van der Waals surface area contributed by atoms with E-state index in [1.807, 2.05) is 127 Å². The van der Waals surface area contributed by atoms with Crippen molar-refractivity contribution >= 4 is 0 Å². The zero-order valence-electron chi connectivity index (χ0n) is 23.9. The van der Waals surface area contributed by atoms with Gasteiger partial charge in [0.25, 0.3) is 0 Å². The van der Waals surface area contributed by atoms with Crippen LogP contribution in [0.5, 0.6) is 0 Å². The van der Waals surface area contributed by atoms with Crippen LogP contribution in [-0.4, -0.2) is 18.3 Å². The van der Waals surface area contributed by atoms with Gasteiger partial charge in [-0.2, -0.15) is 18.3 Å². The number of aromatic nitrogens is 8. The average Bonchev–Trinajstić information content (AvgIpc) is 3.66. The molecule has 4 aromatic rings. The van der Waals surface area contributed by atoms with Gasteiger partial charge < -0.3 is 0 Å². The second kappa shape index (κ2) is 20.4. The fourth-order valence-electron chi connectivity index (χ4n) is 2.72. The van der Waals surface area contributed by atoms with E-state index in [2.05, 4.69) is 68.4 Å². The van der Waals surface area contributed by atoms with Gasteiger partial charge >= 0.3 is 0 Å². The van der Waals surface area contributed by atoms with Crippen molar-refractivity contribution in [2.24, 2.45) is 28.2 Å². The highest BCUT2D eigenvalue weighted by Crippen LogP contribution is 1.89. The summed E-state index contributed by atoms with van der Waals surface area (Å²) in [7, 11) is 8.08. The van der Waals surface area contributed by atoms with E-state index < -0.39 is 0 Å². The molecule has 0 spiro atoms. The Labute approximate surface area is 208 Å². The Kier molecular flexibility index (Phi) is 19.9. The highest BCUT2D eigenvalue weighted by atomic mass is 15.2. The maximum absolute atomic E-state index is 2.12. The van der Waals surface area contributed by atoms with Gasteiger partial charge in [-0.25, -0.2) is 18.3 Å². The van der Waals surface area contributed by atoms with E-state index >= 15 is 0 Å². The van der Waals surface area contributed by atoms with E-state index in [-0.39, 0.29) is 0 Å². The lowest BCUT2D eigenvalue weighted by molar-refractivity contribution is -0.672. The molecule has 0 N–H and O–H groups in total. The molecule has 0 amide bonds. The molecule has 0 atom stereocenters. The second-order valence-electron chi connectivity index (χ2n) is 6.66. The summed E-state index contributed by atoms with van der Waals surface area (Å²) < 4.78 is 16.6. The van der Waals surface area contributed by atoms with Crippen LogP contribution in [0.2, 0.25) is 0 Å². The number of rotatable bonds is 4. The van der Waals surface area contributed by atoms with Crippen LogP contribution in [0.25, 0.3) is 0 Å². The van der Waals surface area contributed by atoms with Crippen molar-refractivity contribution in [3.63, 3.8) is 0 Å². The molecule has 8 heteroatoms. The zero-order valence-corrected chi connectivity index (χ0v) is 23.9. The van der Waals surface area contributed by atoms with E-state index in [1.54, 1.807) is 0 Å². The molecule has 0 aliphatic heterocycles. The van der Waals surface area contributed by atoms with Crippen molar-refractivity contribution in [2.75, 3.05) is 0 Å². The maximum Gasteiger partial charge on any atom is 0.246 e. The third-order valence-corrected chi connectivity index (χ3v) is 3.95. The largest absolute Gasteiger partial charge is 0.246 e. The molecule has 8 nitrogen and oxygen atoms in total. The highest BCUT2D eigenvalue weighted by molar-refractivity contribution is 4.72. The summed E-state index contributed by atoms with van der Waals surface area (Å²) in [5.74, 6) is 0. The first-order chi connectivity index (χ1) is 16.5. The SMILES string of the molecule is CC.CC.CC.CC.C[n+]1ccn(Cn2cc[n+](C)c2)c1.C[n+]1ccn(Cn2cc[n+](C)c2)c1. The lowest BCUT2D eigenvalue weighted by Gasteiger charge is -1.89. The minimum atomic E-state index is 0.863. The molecule has 0 aliphatic carbocycles. The van der Waals surface area contributed by atoms with Crippen LogP contribution in [0, 0.1) is 0 Å². The van der Waals surface area contributed by atoms with E-state index in [1.165, 1.54) is 0 Å². The minimum Gasteiger partial charge on any atom is -0.239 e. The van der Waals surface area contributed by atoms with Gasteiger partial charge in [0.1, 0.15) is 49.6 Å². The summed E-state index contributed by atoms with van der Waals surface area (Å²) in [6, 6.07) is 0. The molecule has 0 aliphatic rings. The van der Waals surface area contributed by atoms with E-state index in [0.717, 1.165) is 13.3 Å². The number of nitrogens with zero attached hydrogens (tertiary/aromatic N) is 8. The highest BCUT2D eigenvalue weighted by Gasteiger charge is 2.06. The Morgan fingerprint density at radius 1 is 0.382 bits per heavy atom. The summed E-state index contributed by atoms with van der Waals surface area (Å²) in [4.78, 5) is 0. The van der Waals surface area contributed by atoms with Crippen LogP contribution in [0.15, 0.2) is 74.9 Å². The lowest BCUT2D eigenvalue weighted by Crippen LogP contribution is -2.25. The van der Waals surface area contributed by atoms with Gasteiger partial charge in [-0.3, -0.25) is 0 Å². The molecule has 0 aromatic carbocycles. The van der Waals surface area contributed by atoms with Crippen molar-refractivity contribution in [1.29, 1.82) is 0 Å². The summed E-state index contributed by atoms with van der Waals surface area (Å²) in [6.45, 7) is 17.7. The Morgan fingerprint density at radius 3 is 0.676 bits per heavy atom. The van der Waals surface area contributed by atoms with Gasteiger partial charge in [0.05, 0.1) is 28.2 Å². The summed E-state index contributed by atoms with van der Waals surface area (Å²) >= 11 is 0. The fourth-order valence-corrected chi connectivity index (χ4v) is 2.72. The molecule has 0 saturated heterocycles. The lowest BCUT2D eigenvalue weighted by atomic mass is 10.8. The molecular formula is C26H52N8+4. The molecule has 0 fully saturated rings. The Bertz CT molecular complexity index is 804. The van der Waals surface area contributed by atoms with Crippen LogP contribution in [0.1, 0.15) is 55.4 Å². The summed E-state index contributed by atoms with van der Waals surface area (Å²) in [5.41, 5.74) is 0. The molecule has 0 unspecified atom stereocenters. The monoisotopic (exact) mass is 476 g/mol. The Balaban J connectivity index is 0. The van der Waals surface area contributed by atoms with Gasteiger partial charge in [-0.1, -0.05) is 55.4 Å². The first-order valence-corrected chi connectivity index (χ1v) is 12.5. The summed E-state index contributed by atoms with van der Waals surface area (Å²) in [5, 5.41) is 0. The van der Waals surface area contributed by atoms with Crippen LogP contribution in [0.3, 0.4) is 0 Å². The predicted molar refractivity (Wildman–Crippen MR) is 139 cm³/mol. The molecular weight excluding hydrogens is 424 g/mol. The van der Waals surface area contributed by atoms with Crippen molar-refractivity contribution in [1.82, 2.24) is 18.3 Å². The van der Waals surface area contributed by atoms with Crippen molar-refractivity contribution in [3.8, 4) is 0 Å². The van der Waals surface area contributed by atoms with Gasteiger partial charge in [0.15, 0.2) is 0 Å². The molecule has 0 radical (unpaired) electrons. The van der Waals surface area contributed by atoms with Gasteiger partial charge in [0.2, 0.25) is 38.6 Å². The topological polar surface area (TPSA) is 35.2 Å². The van der Waals surface area contributed by atoms with Crippen molar-refractivity contribution < 1.29 is 18.3 Å². The number of hydrogen-bond acceptors (Lipinski definition) is 0. The van der Waals surface area contributed by atoms with E-state index in [4.69, 9.17) is 0 Å². The molecule has 4 heterocycles. The van der Waals surface area contributed by atoms with Crippen LogP contribution >= 0.6 is 0 Å². The third kappa shape index (κ3) is 13.4.